The third kappa shape index (κ3) is 4.58. The van der Waals surface area contributed by atoms with Gasteiger partial charge in [-0.25, -0.2) is 0 Å². The van der Waals surface area contributed by atoms with Crippen LogP contribution >= 0.6 is 0 Å². The highest BCUT2D eigenvalue weighted by atomic mass is 16.5. The summed E-state index contributed by atoms with van der Waals surface area (Å²) in [4.78, 5) is 17.4. The van der Waals surface area contributed by atoms with Crippen LogP contribution < -0.4 is 0 Å². The second-order valence-corrected chi connectivity index (χ2v) is 7.38. The van der Waals surface area contributed by atoms with E-state index in [4.69, 9.17) is 4.74 Å². The van der Waals surface area contributed by atoms with Crippen molar-refractivity contribution in [3.05, 3.63) is 35.9 Å². The van der Waals surface area contributed by atoms with Gasteiger partial charge in [0.25, 0.3) is 0 Å². The largest absolute Gasteiger partial charge is 0.372 e. The summed E-state index contributed by atoms with van der Waals surface area (Å²) in [6, 6.07) is 10.6. The molecule has 132 valence electrons. The molecule has 2 fully saturated rings. The minimum absolute atomic E-state index is 0.149. The molecular weight excluding hydrogens is 300 g/mol. The van der Waals surface area contributed by atoms with Crippen LogP contribution in [0.3, 0.4) is 0 Å². The second-order valence-electron chi connectivity index (χ2n) is 7.38. The van der Waals surface area contributed by atoms with Gasteiger partial charge >= 0.3 is 0 Å². The van der Waals surface area contributed by atoms with Gasteiger partial charge in [-0.1, -0.05) is 30.3 Å². The van der Waals surface area contributed by atoms with Gasteiger partial charge in [0.2, 0.25) is 5.91 Å². The number of hydrogen-bond acceptors (Lipinski definition) is 3. The number of nitrogens with zero attached hydrogens (tertiary/aromatic N) is 2. The van der Waals surface area contributed by atoms with Crippen molar-refractivity contribution in [3.8, 4) is 0 Å². The number of rotatable bonds is 4. The lowest BCUT2D eigenvalue weighted by molar-refractivity contribution is -0.149. The summed E-state index contributed by atoms with van der Waals surface area (Å²) in [7, 11) is 0. The van der Waals surface area contributed by atoms with Crippen molar-refractivity contribution < 1.29 is 9.53 Å². The van der Waals surface area contributed by atoms with Gasteiger partial charge in [-0.05, 0) is 45.2 Å². The summed E-state index contributed by atoms with van der Waals surface area (Å²) >= 11 is 0. The molecule has 0 aliphatic carbocycles. The Bertz CT molecular complexity index is 524. The van der Waals surface area contributed by atoms with Crippen LogP contribution in [0.1, 0.15) is 32.3 Å². The highest BCUT2D eigenvalue weighted by Gasteiger charge is 2.32. The van der Waals surface area contributed by atoms with Crippen molar-refractivity contribution in [2.45, 2.75) is 45.3 Å². The predicted octanol–water partition coefficient (Wildman–Crippen LogP) is 2.58. The topological polar surface area (TPSA) is 32.8 Å². The van der Waals surface area contributed by atoms with Crippen molar-refractivity contribution in [1.29, 1.82) is 0 Å². The lowest BCUT2D eigenvalue weighted by atomic mass is 9.95. The summed E-state index contributed by atoms with van der Waals surface area (Å²) in [5.41, 5.74) is 1.38. The number of morpholine rings is 1. The monoisotopic (exact) mass is 330 g/mol. The zero-order valence-corrected chi connectivity index (χ0v) is 15.0. The number of piperidine rings is 1. The Morgan fingerprint density at radius 3 is 2.54 bits per heavy atom. The quantitative estimate of drug-likeness (QED) is 0.851. The first kappa shape index (κ1) is 17.4. The molecule has 1 aromatic carbocycles. The normalized spacial score (nSPS) is 28.8. The van der Waals surface area contributed by atoms with Crippen LogP contribution in [0.5, 0.6) is 0 Å². The first-order chi connectivity index (χ1) is 11.6. The lowest BCUT2D eigenvalue weighted by Crippen LogP contribution is -2.52. The fraction of sp³-hybridized carbons (Fsp3) is 0.650. The van der Waals surface area contributed by atoms with Crippen LogP contribution in [-0.2, 0) is 16.0 Å². The van der Waals surface area contributed by atoms with Gasteiger partial charge in [0.1, 0.15) is 0 Å². The van der Waals surface area contributed by atoms with E-state index in [-0.39, 0.29) is 18.1 Å². The molecule has 1 aromatic rings. The van der Waals surface area contributed by atoms with Crippen LogP contribution in [-0.4, -0.2) is 60.6 Å². The molecule has 2 aliphatic heterocycles. The molecular formula is C20H30N2O2. The maximum Gasteiger partial charge on any atom is 0.227 e. The van der Waals surface area contributed by atoms with Crippen LogP contribution in [0.2, 0.25) is 0 Å². The summed E-state index contributed by atoms with van der Waals surface area (Å²) in [5.74, 6) is 0.494. The van der Waals surface area contributed by atoms with Crippen molar-refractivity contribution >= 4 is 5.91 Å². The van der Waals surface area contributed by atoms with Gasteiger partial charge in [0, 0.05) is 26.2 Å². The van der Waals surface area contributed by atoms with Crippen LogP contribution in [0, 0.1) is 5.92 Å². The zero-order chi connectivity index (χ0) is 16.9. The molecule has 0 N–H and O–H groups in total. The van der Waals surface area contributed by atoms with Crippen LogP contribution in [0.4, 0.5) is 0 Å². The van der Waals surface area contributed by atoms with E-state index >= 15 is 0 Å². The molecule has 3 atom stereocenters. The van der Waals surface area contributed by atoms with E-state index in [9.17, 15) is 4.79 Å². The molecule has 2 saturated heterocycles. The van der Waals surface area contributed by atoms with Crippen molar-refractivity contribution in [2.24, 2.45) is 5.92 Å². The lowest BCUT2D eigenvalue weighted by Gasteiger charge is -2.39. The highest BCUT2D eigenvalue weighted by molar-refractivity contribution is 5.79. The second kappa shape index (κ2) is 8.13. The average molecular weight is 330 g/mol. The maximum atomic E-state index is 12.9. The summed E-state index contributed by atoms with van der Waals surface area (Å²) in [6.07, 6.45) is 3.51. The van der Waals surface area contributed by atoms with Crippen LogP contribution in [0.25, 0.3) is 0 Å². The first-order valence-corrected chi connectivity index (χ1v) is 9.32. The van der Waals surface area contributed by atoms with E-state index in [1.54, 1.807) is 0 Å². The first-order valence-electron chi connectivity index (χ1n) is 9.32. The molecule has 0 bridgehead atoms. The molecule has 4 nitrogen and oxygen atoms in total. The van der Waals surface area contributed by atoms with Crippen LogP contribution in [0.15, 0.2) is 30.3 Å². The molecule has 0 saturated carbocycles. The van der Waals surface area contributed by atoms with Gasteiger partial charge in [-0.3, -0.25) is 4.79 Å². The molecule has 2 aliphatic rings. The fourth-order valence-corrected chi connectivity index (χ4v) is 4.01. The summed E-state index contributed by atoms with van der Waals surface area (Å²) in [6.45, 7) is 8.67. The number of hydrogen-bond donors (Lipinski definition) is 0. The molecule has 2 heterocycles. The third-order valence-electron chi connectivity index (χ3n) is 5.15. The van der Waals surface area contributed by atoms with Gasteiger partial charge in [-0.2, -0.15) is 0 Å². The smallest absolute Gasteiger partial charge is 0.227 e. The highest BCUT2D eigenvalue weighted by Crippen LogP contribution is 2.21. The Morgan fingerprint density at radius 1 is 1.12 bits per heavy atom. The van der Waals surface area contributed by atoms with Crippen molar-refractivity contribution in [1.82, 2.24) is 9.80 Å². The average Bonchev–Trinajstić information content (AvgIpc) is 2.59. The molecule has 0 radical (unpaired) electrons. The number of ether oxygens (including phenoxy) is 1. The Morgan fingerprint density at radius 2 is 1.83 bits per heavy atom. The van der Waals surface area contributed by atoms with E-state index in [1.807, 2.05) is 4.90 Å². The predicted molar refractivity (Wildman–Crippen MR) is 95.9 cm³/mol. The third-order valence-corrected chi connectivity index (χ3v) is 5.15. The Balaban J connectivity index is 1.52. The Kier molecular flexibility index (Phi) is 5.90. The van der Waals surface area contributed by atoms with Crippen molar-refractivity contribution in [2.75, 3.05) is 32.7 Å². The minimum Gasteiger partial charge on any atom is -0.372 e. The van der Waals surface area contributed by atoms with E-state index in [0.717, 1.165) is 52.0 Å². The van der Waals surface area contributed by atoms with E-state index in [2.05, 4.69) is 49.1 Å². The molecule has 1 amide bonds. The number of amides is 1. The van der Waals surface area contributed by atoms with Crippen molar-refractivity contribution in [3.63, 3.8) is 0 Å². The van der Waals surface area contributed by atoms with E-state index in [1.165, 1.54) is 5.56 Å². The van der Waals surface area contributed by atoms with Gasteiger partial charge in [-0.15, -0.1) is 0 Å². The molecule has 4 heteroatoms. The zero-order valence-electron chi connectivity index (χ0n) is 15.0. The SMILES string of the molecule is CC1CN(C(=O)C2CCCN(CCc3ccccc3)C2)CC(C)O1. The van der Waals surface area contributed by atoms with Gasteiger partial charge < -0.3 is 14.5 Å². The van der Waals surface area contributed by atoms with Gasteiger partial charge in [0.15, 0.2) is 0 Å². The standard InChI is InChI=1S/C20H30N2O2/c1-16-13-22(14-17(2)24-16)20(23)19-9-6-11-21(15-19)12-10-18-7-4-3-5-8-18/h3-5,7-8,16-17,19H,6,9-15H2,1-2H3. The maximum absolute atomic E-state index is 12.9. The summed E-state index contributed by atoms with van der Waals surface area (Å²) in [5, 5.41) is 0. The number of benzene rings is 1. The number of carbonyl (C=O) groups is 1. The molecule has 3 rings (SSSR count). The van der Waals surface area contributed by atoms with E-state index < -0.39 is 0 Å². The Labute approximate surface area is 145 Å². The summed E-state index contributed by atoms with van der Waals surface area (Å²) < 4.78 is 5.76. The molecule has 0 aromatic heterocycles. The van der Waals surface area contributed by atoms with Gasteiger partial charge in [0.05, 0.1) is 18.1 Å². The number of carbonyl (C=O) groups excluding carboxylic acids is 1. The molecule has 3 unspecified atom stereocenters. The molecule has 0 spiro atoms. The number of likely N-dealkylation sites (tertiary alicyclic amines) is 1. The minimum atomic E-state index is 0.149. The Hall–Kier alpha value is -1.39. The fourth-order valence-electron chi connectivity index (χ4n) is 4.01. The van der Waals surface area contributed by atoms with E-state index in [0.29, 0.717) is 5.91 Å². The molecule has 24 heavy (non-hydrogen) atoms.